The van der Waals surface area contributed by atoms with Crippen LogP contribution in [0.2, 0.25) is 0 Å². The Kier molecular flexibility index (Phi) is 23.0. The van der Waals surface area contributed by atoms with E-state index < -0.39 is 61.8 Å². The maximum Gasteiger partial charge on any atom is 1.00 e. The minimum Gasteiger partial charge on any atom is -0.870 e. The third kappa shape index (κ3) is 19.1. The van der Waals surface area contributed by atoms with Crippen molar-refractivity contribution in [2.24, 2.45) is 0 Å². The van der Waals surface area contributed by atoms with Crippen LogP contribution in [0.3, 0.4) is 0 Å². The van der Waals surface area contributed by atoms with Gasteiger partial charge in [0.25, 0.3) is 0 Å². The van der Waals surface area contributed by atoms with E-state index in [9.17, 15) is 29.2 Å². The van der Waals surface area contributed by atoms with Crippen molar-refractivity contribution in [2.45, 2.75) is 111 Å². The Hall–Kier alpha value is -6.19. The first kappa shape index (κ1) is 60.1. The summed E-state index contributed by atoms with van der Waals surface area (Å²) in [6.07, 6.45) is 1.52. The number of hydrogen-bond donors (Lipinski definition) is 5. The van der Waals surface area contributed by atoms with Gasteiger partial charge in [0.1, 0.15) is 22.7 Å². The number of ether oxygens (including phenoxy) is 7. The molecule has 0 saturated carbocycles. The number of hydrogen-bond acceptors (Lipinski definition) is 20. The molecule has 2 unspecified atom stereocenters. The van der Waals surface area contributed by atoms with E-state index >= 15 is 0 Å². The summed E-state index contributed by atoms with van der Waals surface area (Å²) in [5.41, 5.74) is 2.81. The molecule has 4 aromatic rings. The number of fused-ring (bicyclic) bond motifs is 2. The van der Waals surface area contributed by atoms with Crippen LogP contribution in [0.25, 0.3) is 0 Å². The SMILES string of the molecule is CCOC(=O)CC1OB(O)c2cc(Oc3ccnc(OCCCNC(=O)OC(C)(C)C)n3)cc(C)c21.Cc1cc(Oc2ccnc(OCCCNC(=O)OC(C)(C)C)n2)cc2c1C(CC(=O)O)OB2O.[Li+].[OH-]. The van der Waals surface area contributed by atoms with E-state index in [-0.39, 0.29) is 80.8 Å². The summed E-state index contributed by atoms with van der Waals surface area (Å²) >= 11 is 0. The molecule has 6 N–H and O–H groups in total. The maximum absolute atomic E-state index is 11.9. The van der Waals surface area contributed by atoms with Gasteiger partial charge >= 0.3 is 69.2 Å². The molecule has 26 heteroatoms. The molecule has 384 valence electrons. The summed E-state index contributed by atoms with van der Waals surface area (Å²) in [5.74, 6) is -0.0808. The van der Waals surface area contributed by atoms with E-state index in [1.54, 1.807) is 91.8 Å². The summed E-state index contributed by atoms with van der Waals surface area (Å²) in [6, 6.07) is 10.1. The first-order valence-corrected chi connectivity index (χ1v) is 22.6. The van der Waals surface area contributed by atoms with Crippen LogP contribution >= 0.6 is 0 Å². The first-order chi connectivity index (χ1) is 33.1. The number of benzene rings is 2. The Labute approximate surface area is 430 Å². The number of nitrogens with one attached hydrogen (secondary N) is 2. The normalized spacial score (nSPS) is 14.4. The Morgan fingerprint density at radius 1 is 0.694 bits per heavy atom. The summed E-state index contributed by atoms with van der Waals surface area (Å²) in [7, 11) is -2.42. The van der Waals surface area contributed by atoms with Crippen LogP contribution in [-0.2, 0) is 33.1 Å². The molecule has 0 aliphatic carbocycles. The minimum absolute atomic E-state index is 0. The van der Waals surface area contributed by atoms with Crippen LogP contribution < -0.4 is 59.4 Å². The topological polar surface area (TPSA) is 318 Å². The Morgan fingerprint density at radius 2 is 1.11 bits per heavy atom. The number of alkyl carbamates (subject to hydrolysis) is 2. The molecule has 0 saturated heterocycles. The Morgan fingerprint density at radius 3 is 1.50 bits per heavy atom. The van der Waals surface area contributed by atoms with Crippen molar-refractivity contribution in [3.05, 3.63) is 71.0 Å². The standard InChI is InChI=1S/C24H32BN3O8.C22H28BN3O8.Li.H2O/c1-6-32-20(29)14-18-21-15(2)12-16(13-17(21)25(31)36-18)34-19-8-10-26-22(28-19)33-11-7-9-27-23(30)35-24(3,4)5;1-13-10-14(11-15-19(13)16(12-18(27)28)34-23(15)30)32-17-6-8-24-20(26-17)31-9-5-7-25-21(29)33-22(2,3)4;;/h8,10,12-13,18,31H,6-7,9,11,14H2,1-5H3,(H,27,30);6,8,10-11,16,30H,5,7,9,12H2,1-4H3,(H,25,29)(H,27,28);;1H2/q;;+1;/p-1. The van der Waals surface area contributed by atoms with Gasteiger partial charge in [0.2, 0.25) is 11.8 Å². The van der Waals surface area contributed by atoms with Gasteiger partial charge in [0, 0.05) is 37.6 Å². The van der Waals surface area contributed by atoms with E-state index in [0.29, 0.717) is 53.9 Å². The second kappa shape index (κ2) is 27.6. The third-order valence-electron chi connectivity index (χ3n) is 9.67. The van der Waals surface area contributed by atoms with Gasteiger partial charge in [-0.05, 0) is 133 Å². The largest absolute Gasteiger partial charge is 1.00 e. The predicted molar refractivity (Wildman–Crippen MR) is 254 cm³/mol. The van der Waals surface area contributed by atoms with Gasteiger partial charge in [-0.2, -0.15) is 9.97 Å². The van der Waals surface area contributed by atoms with Crippen molar-refractivity contribution in [1.82, 2.24) is 30.6 Å². The van der Waals surface area contributed by atoms with Crippen LogP contribution in [-0.4, -0.2) is 123 Å². The second-order valence-corrected chi connectivity index (χ2v) is 17.9. The molecule has 0 radical (unpaired) electrons. The molecule has 72 heavy (non-hydrogen) atoms. The van der Waals surface area contributed by atoms with Crippen molar-refractivity contribution in [1.29, 1.82) is 0 Å². The van der Waals surface area contributed by atoms with Crippen molar-refractivity contribution in [2.75, 3.05) is 32.9 Å². The van der Waals surface area contributed by atoms with Crippen LogP contribution in [0.15, 0.2) is 48.8 Å². The van der Waals surface area contributed by atoms with Gasteiger partial charge in [-0.15, -0.1) is 0 Å². The van der Waals surface area contributed by atoms with Crippen molar-refractivity contribution in [3.63, 3.8) is 0 Å². The number of rotatable bonds is 19. The second-order valence-electron chi connectivity index (χ2n) is 17.9. The maximum atomic E-state index is 11.9. The quantitative estimate of drug-likeness (QED) is 0.0385. The summed E-state index contributed by atoms with van der Waals surface area (Å²) in [6.45, 7) is 17.7. The van der Waals surface area contributed by atoms with Crippen LogP contribution in [0.1, 0.15) is 109 Å². The smallest absolute Gasteiger partial charge is 0.870 e. The molecule has 2 aromatic carbocycles. The number of esters is 1. The molecule has 4 heterocycles. The zero-order valence-electron chi connectivity index (χ0n) is 42.2. The van der Waals surface area contributed by atoms with Crippen LogP contribution in [0, 0.1) is 13.8 Å². The Bertz CT molecular complexity index is 2460. The number of carboxylic acid groups (broad SMARTS) is 1. The number of aryl methyl sites for hydroxylation is 2. The van der Waals surface area contributed by atoms with Gasteiger partial charge in [-0.1, -0.05) is 0 Å². The van der Waals surface area contributed by atoms with E-state index in [4.69, 9.17) is 47.6 Å². The molecule has 0 bridgehead atoms. The number of carbonyl (C=O) groups is 4. The minimum atomic E-state index is -1.24. The fourth-order valence-electron chi connectivity index (χ4n) is 7.04. The van der Waals surface area contributed by atoms with Gasteiger partial charge in [0.15, 0.2) is 0 Å². The van der Waals surface area contributed by atoms with E-state index in [0.717, 1.165) is 16.7 Å². The van der Waals surface area contributed by atoms with Gasteiger partial charge in [0.05, 0.1) is 44.9 Å². The molecule has 0 fully saturated rings. The van der Waals surface area contributed by atoms with Gasteiger partial charge in [-0.25, -0.2) is 19.6 Å². The molecule has 2 amide bonds. The molecule has 2 aromatic heterocycles. The molecule has 2 aliphatic rings. The first-order valence-electron chi connectivity index (χ1n) is 22.6. The molecular formula is C46H61B2LiN6O17. The van der Waals surface area contributed by atoms with Crippen LogP contribution in [0.4, 0.5) is 9.59 Å². The number of aliphatic carboxylic acids is 1. The number of carbonyl (C=O) groups excluding carboxylic acids is 3. The fourth-order valence-corrected chi connectivity index (χ4v) is 7.04. The van der Waals surface area contributed by atoms with E-state index in [1.165, 1.54) is 12.4 Å². The summed E-state index contributed by atoms with van der Waals surface area (Å²) in [5, 5.41) is 34.9. The molecule has 6 rings (SSSR count). The van der Waals surface area contributed by atoms with Crippen molar-refractivity contribution < 1.29 is 101 Å². The predicted octanol–water partition coefficient (Wildman–Crippen LogP) is 1.51. The molecule has 23 nitrogen and oxygen atoms in total. The molecular weight excluding hydrogens is 937 g/mol. The van der Waals surface area contributed by atoms with E-state index in [2.05, 4.69) is 30.6 Å². The number of carboxylic acids is 1. The average molecular weight is 999 g/mol. The average Bonchev–Trinajstić information content (AvgIpc) is 3.73. The number of aromatic nitrogens is 4. The zero-order valence-corrected chi connectivity index (χ0v) is 42.2. The molecule has 0 spiro atoms. The fraction of sp³-hybridized carbons (Fsp3) is 0.478. The molecule has 2 aliphatic heterocycles. The van der Waals surface area contributed by atoms with Crippen LogP contribution in [0.5, 0.6) is 35.3 Å². The third-order valence-corrected chi connectivity index (χ3v) is 9.67. The van der Waals surface area contributed by atoms with Crippen molar-refractivity contribution in [3.8, 4) is 35.3 Å². The summed E-state index contributed by atoms with van der Waals surface area (Å²) in [4.78, 5) is 62.8. The van der Waals surface area contributed by atoms with Crippen molar-refractivity contribution >= 4 is 49.3 Å². The van der Waals surface area contributed by atoms with E-state index in [1.807, 2.05) is 6.92 Å². The number of amides is 2. The monoisotopic (exact) mass is 998 g/mol. The molecule has 2 atom stereocenters. The summed E-state index contributed by atoms with van der Waals surface area (Å²) < 4.78 is 49.1. The zero-order chi connectivity index (χ0) is 51.2. The van der Waals surface area contributed by atoms with Gasteiger partial charge in [-0.3, -0.25) is 9.59 Å². The van der Waals surface area contributed by atoms with Gasteiger partial charge < -0.3 is 73.7 Å². The Balaban J connectivity index is 0.000000371. The number of nitrogens with zero attached hydrogens (tertiary/aromatic N) is 4.